The van der Waals surface area contributed by atoms with Crippen LogP contribution < -0.4 is 5.32 Å². The van der Waals surface area contributed by atoms with Crippen molar-refractivity contribution in [2.75, 3.05) is 26.7 Å². The Morgan fingerprint density at radius 2 is 2.21 bits per heavy atom. The lowest BCUT2D eigenvalue weighted by Crippen LogP contribution is -2.30. The molecular weight excluding hydrogens is 267 g/mol. The van der Waals surface area contributed by atoms with E-state index in [9.17, 15) is 12.8 Å². The summed E-state index contributed by atoms with van der Waals surface area (Å²) in [6.45, 7) is 3.45. The first-order valence-electron chi connectivity index (χ1n) is 6.36. The Morgan fingerprint density at radius 1 is 1.47 bits per heavy atom. The maximum absolute atomic E-state index is 13.2. The molecule has 1 atom stereocenters. The van der Waals surface area contributed by atoms with Gasteiger partial charge in [-0.2, -0.15) is 4.31 Å². The Hall–Kier alpha value is -0.980. The minimum atomic E-state index is -3.49. The maximum atomic E-state index is 13.2. The van der Waals surface area contributed by atoms with E-state index in [1.807, 2.05) is 7.05 Å². The van der Waals surface area contributed by atoms with Crippen LogP contribution in [0.3, 0.4) is 0 Å². The molecule has 1 N–H and O–H groups in total. The Morgan fingerprint density at radius 3 is 2.84 bits per heavy atom. The number of hydrogen-bond donors (Lipinski definition) is 1. The molecule has 1 fully saturated rings. The van der Waals surface area contributed by atoms with Gasteiger partial charge in [0, 0.05) is 13.1 Å². The van der Waals surface area contributed by atoms with Crippen LogP contribution in [0.5, 0.6) is 0 Å². The van der Waals surface area contributed by atoms with Gasteiger partial charge in [0.25, 0.3) is 0 Å². The SMILES string of the molecule is CNCC1CCN(S(=O)(=O)c2ccc(F)c(C)c2)C1. The highest BCUT2D eigenvalue weighted by atomic mass is 32.2. The molecule has 106 valence electrons. The molecule has 1 aromatic carbocycles. The van der Waals surface area contributed by atoms with E-state index < -0.39 is 10.0 Å². The second kappa shape index (κ2) is 5.56. The van der Waals surface area contributed by atoms with E-state index in [1.54, 1.807) is 6.92 Å². The zero-order valence-corrected chi connectivity index (χ0v) is 12.0. The number of halogens is 1. The fourth-order valence-electron chi connectivity index (χ4n) is 2.40. The lowest BCUT2D eigenvalue weighted by Gasteiger charge is -2.17. The monoisotopic (exact) mass is 286 g/mol. The summed E-state index contributed by atoms with van der Waals surface area (Å²) in [5.74, 6) is -0.0326. The molecule has 1 aliphatic rings. The summed E-state index contributed by atoms with van der Waals surface area (Å²) in [6, 6.07) is 3.95. The topological polar surface area (TPSA) is 49.4 Å². The first-order chi connectivity index (χ1) is 8.95. The molecule has 0 bridgehead atoms. The highest BCUT2D eigenvalue weighted by Gasteiger charge is 2.32. The Labute approximate surface area is 113 Å². The number of nitrogens with zero attached hydrogens (tertiary/aromatic N) is 1. The van der Waals surface area contributed by atoms with Gasteiger partial charge < -0.3 is 5.32 Å². The molecule has 19 heavy (non-hydrogen) atoms. The number of aryl methyl sites for hydroxylation is 1. The molecule has 1 unspecified atom stereocenters. The molecule has 6 heteroatoms. The van der Waals surface area contributed by atoms with E-state index in [0.29, 0.717) is 24.6 Å². The summed E-state index contributed by atoms with van der Waals surface area (Å²) in [7, 11) is -1.63. The fourth-order valence-corrected chi connectivity index (χ4v) is 4.01. The molecule has 1 saturated heterocycles. The third-order valence-corrected chi connectivity index (χ3v) is 5.37. The largest absolute Gasteiger partial charge is 0.319 e. The highest BCUT2D eigenvalue weighted by Crippen LogP contribution is 2.25. The summed E-state index contributed by atoms with van der Waals surface area (Å²) < 4.78 is 39.6. The van der Waals surface area contributed by atoms with E-state index in [1.165, 1.54) is 22.5 Å². The summed E-state index contributed by atoms with van der Waals surface area (Å²) in [4.78, 5) is 0.177. The predicted octanol–water partition coefficient (Wildman–Crippen LogP) is 1.36. The minimum Gasteiger partial charge on any atom is -0.319 e. The Balaban J connectivity index is 2.21. The molecule has 2 rings (SSSR count). The summed E-state index contributed by atoms with van der Waals surface area (Å²) >= 11 is 0. The van der Waals surface area contributed by atoms with Gasteiger partial charge in [0.1, 0.15) is 5.82 Å². The summed E-state index contributed by atoms with van der Waals surface area (Å²) in [5.41, 5.74) is 0.354. The van der Waals surface area contributed by atoms with Crippen molar-refractivity contribution in [3.8, 4) is 0 Å². The molecule has 0 radical (unpaired) electrons. The third kappa shape index (κ3) is 2.96. The van der Waals surface area contributed by atoms with Gasteiger partial charge in [-0.1, -0.05) is 0 Å². The van der Waals surface area contributed by atoms with Gasteiger partial charge in [0.2, 0.25) is 10.0 Å². The first kappa shape index (κ1) is 14.4. The second-order valence-electron chi connectivity index (χ2n) is 4.99. The van der Waals surface area contributed by atoms with Crippen molar-refractivity contribution < 1.29 is 12.8 Å². The van der Waals surface area contributed by atoms with Crippen LogP contribution in [0.25, 0.3) is 0 Å². The smallest absolute Gasteiger partial charge is 0.243 e. The minimum absolute atomic E-state index is 0.177. The number of sulfonamides is 1. The van der Waals surface area contributed by atoms with Crippen LogP contribution in [0.2, 0.25) is 0 Å². The highest BCUT2D eigenvalue weighted by molar-refractivity contribution is 7.89. The van der Waals surface area contributed by atoms with Crippen LogP contribution in [0, 0.1) is 18.7 Å². The van der Waals surface area contributed by atoms with Gasteiger partial charge in [-0.15, -0.1) is 0 Å². The standard InChI is InChI=1S/C13H19FN2O2S/c1-10-7-12(3-4-13(10)14)19(17,18)16-6-5-11(9-16)8-15-2/h3-4,7,11,15H,5-6,8-9H2,1-2H3. The van der Waals surface area contributed by atoms with Gasteiger partial charge in [-0.25, -0.2) is 12.8 Å². The number of rotatable bonds is 4. The molecule has 0 aliphatic carbocycles. The van der Waals surface area contributed by atoms with Crippen LogP contribution in [-0.2, 0) is 10.0 Å². The quantitative estimate of drug-likeness (QED) is 0.909. The Bertz CT molecular complexity index is 560. The average molecular weight is 286 g/mol. The summed E-state index contributed by atoms with van der Waals surface area (Å²) in [6.07, 6.45) is 0.861. The molecule has 4 nitrogen and oxygen atoms in total. The van der Waals surface area contributed by atoms with E-state index in [-0.39, 0.29) is 10.7 Å². The first-order valence-corrected chi connectivity index (χ1v) is 7.80. The van der Waals surface area contributed by atoms with E-state index >= 15 is 0 Å². The van der Waals surface area contributed by atoms with Crippen molar-refractivity contribution >= 4 is 10.0 Å². The van der Waals surface area contributed by atoms with Crippen molar-refractivity contribution in [1.82, 2.24) is 9.62 Å². The molecule has 0 spiro atoms. The van der Waals surface area contributed by atoms with Gasteiger partial charge in [-0.05, 0) is 56.6 Å². The van der Waals surface area contributed by atoms with Gasteiger partial charge in [-0.3, -0.25) is 0 Å². The molecule has 0 saturated carbocycles. The van der Waals surface area contributed by atoms with Crippen molar-refractivity contribution in [2.24, 2.45) is 5.92 Å². The summed E-state index contributed by atoms with van der Waals surface area (Å²) in [5, 5.41) is 3.07. The zero-order chi connectivity index (χ0) is 14.0. The van der Waals surface area contributed by atoms with Crippen molar-refractivity contribution in [1.29, 1.82) is 0 Å². The second-order valence-corrected chi connectivity index (χ2v) is 6.92. The lowest BCUT2D eigenvalue weighted by atomic mass is 10.1. The van der Waals surface area contributed by atoms with E-state index in [2.05, 4.69) is 5.32 Å². The fraction of sp³-hybridized carbons (Fsp3) is 0.538. The van der Waals surface area contributed by atoms with Gasteiger partial charge in [0.05, 0.1) is 4.90 Å². The van der Waals surface area contributed by atoms with Crippen LogP contribution in [-0.4, -0.2) is 39.4 Å². The normalized spacial score (nSPS) is 20.9. The van der Waals surface area contributed by atoms with Crippen LogP contribution in [0.1, 0.15) is 12.0 Å². The van der Waals surface area contributed by atoms with Crippen molar-refractivity contribution in [3.63, 3.8) is 0 Å². The molecular formula is C13H19FN2O2S. The molecule has 1 aromatic rings. The lowest BCUT2D eigenvalue weighted by molar-refractivity contribution is 0.451. The van der Waals surface area contributed by atoms with Crippen LogP contribution in [0.4, 0.5) is 4.39 Å². The van der Waals surface area contributed by atoms with Crippen LogP contribution in [0.15, 0.2) is 23.1 Å². The number of benzene rings is 1. The van der Waals surface area contributed by atoms with Crippen LogP contribution >= 0.6 is 0 Å². The predicted molar refractivity (Wildman–Crippen MR) is 71.9 cm³/mol. The van der Waals surface area contributed by atoms with Gasteiger partial charge in [0.15, 0.2) is 0 Å². The Kier molecular flexibility index (Phi) is 4.23. The van der Waals surface area contributed by atoms with Crippen molar-refractivity contribution in [2.45, 2.75) is 18.2 Å². The van der Waals surface area contributed by atoms with E-state index in [4.69, 9.17) is 0 Å². The molecule has 0 amide bonds. The molecule has 0 aromatic heterocycles. The number of hydrogen-bond acceptors (Lipinski definition) is 3. The van der Waals surface area contributed by atoms with Gasteiger partial charge >= 0.3 is 0 Å². The zero-order valence-electron chi connectivity index (χ0n) is 11.2. The third-order valence-electron chi connectivity index (χ3n) is 3.51. The molecule has 1 heterocycles. The van der Waals surface area contributed by atoms with Crippen molar-refractivity contribution in [3.05, 3.63) is 29.6 Å². The average Bonchev–Trinajstić information content (AvgIpc) is 2.82. The van der Waals surface area contributed by atoms with E-state index in [0.717, 1.165) is 13.0 Å². The number of nitrogens with one attached hydrogen (secondary N) is 1. The molecule has 1 aliphatic heterocycles. The maximum Gasteiger partial charge on any atom is 0.243 e.